The van der Waals surface area contributed by atoms with E-state index in [-0.39, 0.29) is 0 Å². The molecule has 1 aliphatic carbocycles. The maximum Gasteiger partial charge on any atom is 0.186 e. The maximum absolute atomic E-state index is 5.02. The van der Waals surface area contributed by atoms with Gasteiger partial charge in [-0.05, 0) is 45.6 Å². The number of rotatable bonds is 5. The van der Waals surface area contributed by atoms with Gasteiger partial charge in [0.25, 0.3) is 0 Å². The van der Waals surface area contributed by atoms with Crippen molar-refractivity contribution in [3.05, 3.63) is 10.6 Å². The summed E-state index contributed by atoms with van der Waals surface area (Å²) in [7, 11) is 2.03. The Morgan fingerprint density at radius 1 is 1.32 bits per heavy atom. The molecule has 1 aromatic rings. The smallest absolute Gasteiger partial charge is 0.186 e. The first-order valence-electron chi connectivity index (χ1n) is 7.74. The predicted octanol–water partition coefficient (Wildman–Crippen LogP) is 3.51. The van der Waals surface area contributed by atoms with Gasteiger partial charge in [-0.3, -0.25) is 0 Å². The van der Waals surface area contributed by atoms with Crippen molar-refractivity contribution >= 4 is 16.5 Å². The largest absolute Gasteiger partial charge is 0.345 e. The Balaban J connectivity index is 1.84. The van der Waals surface area contributed by atoms with E-state index in [0.29, 0.717) is 0 Å². The zero-order valence-electron chi connectivity index (χ0n) is 12.1. The van der Waals surface area contributed by atoms with E-state index >= 15 is 0 Å². The second-order valence-electron chi connectivity index (χ2n) is 5.86. The lowest BCUT2D eigenvalue weighted by molar-refractivity contribution is 0.449. The molecule has 1 atom stereocenters. The van der Waals surface area contributed by atoms with Crippen LogP contribution in [0.5, 0.6) is 0 Å². The molecule has 1 aliphatic heterocycles. The number of nitrogens with one attached hydrogen (secondary N) is 1. The average molecular weight is 279 g/mol. The summed E-state index contributed by atoms with van der Waals surface area (Å²) < 4.78 is 0. The minimum absolute atomic E-state index is 0.717. The van der Waals surface area contributed by atoms with Gasteiger partial charge in [0.1, 0.15) is 0 Å². The number of hydrogen-bond acceptors (Lipinski definition) is 4. The molecular weight excluding hydrogens is 254 g/mol. The van der Waals surface area contributed by atoms with Gasteiger partial charge in [-0.1, -0.05) is 6.92 Å². The van der Waals surface area contributed by atoms with E-state index in [1.807, 2.05) is 18.4 Å². The van der Waals surface area contributed by atoms with Gasteiger partial charge in [0.2, 0.25) is 0 Å². The number of anilines is 1. The van der Waals surface area contributed by atoms with E-state index in [4.69, 9.17) is 4.98 Å². The third-order valence-corrected chi connectivity index (χ3v) is 5.47. The highest BCUT2D eigenvalue weighted by atomic mass is 32.1. The van der Waals surface area contributed by atoms with Crippen LogP contribution in [0.3, 0.4) is 0 Å². The van der Waals surface area contributed by atoms with Crippen LogP contribution in [0.4, 0.5) is 5.13 Å². The topological polar surface area (TPSA) is 28.2 Å². The molecular formula is C15H25N3S. The van der Waals surface area contributed by atoms with Crippen LogP contribution in [0.25, 0.3) is 0 Å². The second-order valence-corrected chi connectivity index (χ2v) is 6.92. The lowest BCUT2D eigenvalue weighted by Gasteiger charge is -2.35. The van der Waals surface area contributed by atoms with E-state index in [0.717, 1.165) is 18.5 Å². The van der Waals surface area contributed by atoms with Crippen molar-refractivity contribution in [1.82, 2.24) is 10.3 Å². The first-order valence-corrected chi connectivity index (χ1v) is 8.56. The van der Waals surface area contributed by atoms with Crippen molar-refractivity contribution in [3.8, 4) is 0 Å². The van der Waals surface area contributed by atoms with Crippen LogP contribution in [-0.2, 0) is 6.54 Å². The van der Waals surface area contributed by atoms with Crippen LogP contribution in [0.15, 0.2) is 0 Å². The highest BCUT2D eigenvalue weighted by molar-refractivity contribution is 7.15. The minimum atomic E-state index is 0.717. The van der Waals surface area contributed by atoms with Gasteiger partial charge in [-0.25, -0.2) is 4.98 Å². The van der Waals surface area contributed by atoms with Gasteiger partial charge in [0, 0.05) is 29.9 Å². The zero-order chi connectivity index (χ0) is 13.2. The van der Waals surface area contributed by atoms with Gasteiger partial charge in [0.05, 0.1) is 5.69 Å². The van der Waals surface area contributed by atoms with Crippen LogP contribution in [0.2, 0.25) is 0 Å². The summed E-state index contributed by atoms with van der Waals surface area (Å²) in [4.78, 5) is 9.07. The van der Waals surface area contributed by atoms with Gasteiger partial charge >= 0.3 is 0 Å². The Morgan fingerprint density at radius 3 is 2.84 bits per heavy atom. The number of thiazole rings is 1. The Kier molecular flexibility index (Phi) is 4.08. The molecule has 1 N–H and O–H groups in total. The summed E-state index contributed by atoms with van der Waals surface area (Å²) in [6.45, 7) is 4.50. The molecule has 1 unspecified atom stereocenters. The Labute approximate surface area is 120 Å². The van der Waals surface area contributed by atoms with E-state index in [9.17, 15) is 0 Å². The van der Waals surface area contributed by atoms with Crippen molar-refractivity contribution in [2.45, 2.75) is 64.0 Å². The van der Waals surface area contributed by atoms with Gasteiger partial charge in [-0.15, -0.1) is 11.3 Å². The number of hydrogen-bond donors (Lipinski definition) is 1. The van der Waals surface area contributed by atoms with Crippen molar-refractivity contribution in [2.24, 2.45) is 0 Å². The molecule has 1 saturated heterocycles. The first kappa shape index (κ1) is 13.4. The summed E-state index contributed by atoms with van der Waals surface area (Å²) in [5.41, 5.74) is 1.40. The summed E-state index contributed by atoms with van der Waals surface area (Å²) >= 11 is 1.93. The van der Waals surface area contributed by atoms with Crippen molar-refractivity contribution in [3.63, 3.8) is 0 Å². The van der Waals surface area contributed by atoms with Crippen LogP contribution in [0, 0.1) is 0 Å². The van der Waals surface area contributed by atoms with Crippen LogP contribution >= 0.6 is 11.3 Å². The standard InChI is InChI=1S/C15H25N3S/c1-3-12-6-4-5-9-18(12)15-17-14(11-7-8-11)13(19-15)10-16-2/h11-12,16H,3-10H2,1-2H3. The first-order chi connectivity index (χ1) is 9.33. The second kappa shape index (κ2) is 5.80. The molecule has 2 aliphatic rings. The quantitative estimate of drug-likeness (QED) is 0.894. The van der Waals surface area contributed by atoms with Crippen LogP contribution < -0.4 is 10.2 Å². The fourth-order valence-electron chi connectivity index (χ4n) is 3.11. The molecule has 0 radical (unpaired) electrons. The molecule has 4 heteroatoms. The molecule has 19 heavy (non-hydrogen) atoms. The van der Waals surface area contributed by atoms with Gasteiger partial charge in [-0.2, -0.15) is 0 Å². The molecule has 3 nitrogen and oxygen atoms in total. The SMILES string of the molecule is CCC1CCCCN1c1nc(C2CC2)c(CNC)s1. The fourth-order valence-corrected chi connectivity index (χ4v) is 4.37. The normalized spacial score (nSPS) is 23.9. The third-order valence-electron chi connectivity index (χ3n) is 4.36. The molecule has 0 spiro atoms. The lowest BCUT2D eigenvalue weighted by Crippen LogP contribution is -2.39. The molecule has 0 aromatic carbocycles. The van der Waals surface area contributed by atoms with Crippen LogP contribution in [-0.4, -0.2) is 24.6 Å². The third kappa shape index (κ3) is 2.79. The summed E-state index contributed by atoms with van der Waals surface area (Å²) in [6.07, 6.45) is 8.00. The van der Waals surface area contributed by atoms with Crippen molar-refractivity contribution in [1.29, 1.82) is 0 Å². The Bertz CT molecular complexity index is 425. The molecule has 2 fully saturated rings. The number of aromatic nitrogens is 1. The van der Waals surface area contributed by atoms with E-state index in [2.05, 4.69) is 17.1 Å². The van der Waals surface area contributed by atoms with E-state index < -0.39 is 0 Å². The molecule has 0 bridgehead atoms. The van der Waals surface area contributed by atoms with Gasteiger partial charge in [0.15, 0.2) is 5.13 Å². The molecule has 3 rings (SSSR count). The van der Waals surface area contributed by atoms with Crippen molar-refractivity contribution < 1.29 is 0 Å². The molecule has 0 amide bonds. The number of nitrogens with zero attached hydrogens (tertiary/aromatic N) is 2. The van der Waals surface area contributed by atoms with Crippen LogP contribution in [0.1, 0.15) is 61.9 Å². The lowest BCUT2D eigenvalue weighted by atomic mass is 10.0. The van der Waals surface area contributed by atoms with E-state index in [1.54, 1.807) is 0 Å². The maximum atomic E-state index is 5.02. The Morgan fingerprint density at radius 2 is 2.16 bits per heavy atom. The molecule has 106 valence electrons. The highest BCUT2D eigenvalue weighted by Crippen LogP contribution is 2.44. The molecule has 1 saturated carbocycles. The van der Waals surface area contributed by atoms with Crippen molar-refractivity contribution in [2.75, 3.05) is 18.5 Å². The zero-order valence-corrected chi connectivity index (χ0v) is 12.9. The predicted molar refractivity (Wildman–Crippen MR) is 82.1 cm³/mol. The Hall–Kier alpha value is -0.610. The molecule has 2 heterocycles. The van der Waals surface area contributed by atoms with E-state index in [1.165, 1.54) is 60.8 Å². The minimum Gasteiger partial charge on any atom is -0.345 e. The highest BCUT2D eigenvalue weighted by Gasteiger charge is 2.31. The monoisotopic (exact) mass is 279 g/mol. The summed E-state index contributed by atoms with van der Waals surface area (Å²) in [5.74, 6) is 0.762. The fraction of sp³-hybridized carbons (Fsp3) is 0.800. The average Bonchev–Trinajstić information content (AvgIpc) is 3.21. The number of piperidine rings is 1. The summed E-state index contributed by atoms with van der Waals surface area (Å²) in [6, 6.07) is 0.717. The molecule has 1 aromatic heterocycles. The summed E-state index contributed by atoms with van der Waals surface area (Å²) in [5, 5.41) is 4.59. The van der Waals surface area contributed by atoms with Gasteiger partial charge < -0.3 is 10.2 Å².